The van der Waals surface area contributed by atoms with Crippen LogP contribution in [0.4, 0.5) is 4.39 Å². The molecular formula is C12H21FN2O. The highest BCUT2D eigenvalue weighted by Gasteiger charge is 2.23. The minimum absolute atomic E-state index is 0.0136. The number of nitrogens with two attached hydrogens (primary N) is 1. The van der Waals surface area contributed by atoms with E-state index in [4.69, 9.17) is 5.73 Å². The van der Waals surface area contributed by atoms with Gasteiger partial charge in [0.15, 0.2) is 0 Å². The fraction of sp³-hybridized carbons (Fsp3) is 0.750. The Labute approximate surface area is 96.5 Å². The Kier molecular flexibility index (Phi) is 5.46. The van der Waals surface area contributed by atoms with Crippen LogP contribution in [0.2, 0.25) is 0 Å². The van der Waals surface area contributed by atoms with Crippen molar-refractivity contribution in [1.82, 2.24) is 4.90 Å². The summed E-state index contributed by atoms with van der Waals surface area (Å²) in [4.78, 5) is 13.3. The van der Waals surface area contributed by atoms with Crippen LogP contribution in [0.5, 0.6) is 0 Å². The number of halogens is 1. The minimum atomic E-state index is 0.0136. The first-order chi connectivity index (χ1) is 7.69. The number of amides is 1. The summed E-state index contributed by atoms with van der Waals surface area (Å²) in [5, 5.41) is 0. The van der Waals surface area contributed by atoms with E-state index in [9.17, 15) is 9.18 Å². The zero-order valence-corrected chi connectivity index (χ0v) is 9.92. The third kappa shape index (κ3) is 3.59. The number of nitrogens with zero attached hydrogens (tertiary/aromatic N) is 1. The molecule has 0 aliphatic heterocycles. The Bertz CT molecular complexity index is 260. The maximum Gasteiger partial charge on any atom is 0.219 e. The van der Waals surface area contributed by atoms with Crippen molar-refractivity contribution in [2.24, 2.45) is 5.73 Å². The summed E-state index contributed by atoms with van der Waals surface area (Å²) in [6.07, 6.45) is 6.15. The van der Waals surface area contributed by atoms with Crippen LogP contribution in [0.3, 0.4) is 0 Å². The fourth-order valence-corrected chi connectivity index (χ4v) is 2.25. The van der Waals surface area contributed by atoms with Gasteiger partial charge in [-0.2, -0.15) is 0 Å². The molecule has 1 aliphatic carbocycles. The van der Waals surface area contributed by atoms with E-state index in [1.165, 1.54) is 6.42 Å². The molecule has 1 saturated carbocycles. The molecule has 0 aromatic carbocycles. The van der Waals surface area contributed by atoms with E-state index in [2.05, 4.69) is 0 Å². The molecule has 3 nitrogen and oxygen atoms in total. The zero-order valence-electron chi connectivity index (χ0n) is 9.92. The van der Waals surface area contributed by atoms with Crippen LogP contribution < -0.4 is 5.73 Å². The normalized spacial score (nSPS) is 18.6. The van der Waals surface area contributed by atoms with Crippen molar-refractivity contribution < 1.29 is 9.18 Å². The highest BCUT2D eigenvalue weighted by atomic mass is 19.1. The van der Waals surface area contributed by atoms with Crippen LogP contribution in [-0.4, -0.2) is 29.9 Å². The molecule has 0 saturated heterocycles. The first kappa shape index (κ1) is 13.2. The molecule has 0 atom stereocenters. The van der Waals surface area contributed by atoms with Crippen molar-refractivity contribution in [2.45, 2.75) is 45.1 Å². The van der Waals surface area contributed by atoms with Crippen molar-refractivity contribution in [3.8, 4) is 0 Å². The number of hydrogen-bond acceptors (Lipinski definition) is 2. The average Bonchev–Trinajstić information content (AvgIpc) is 2.31. The standard InChI is InChI=1S/C12H21FN2O/c1-10(16)15(9-11(7-13)8-14)12-5-3-2-4-6-12/h7,12H,2-6,8-9,14H2,1H3. The van der Waals surface area contributed by atoms with Crippen molar-refractivity contribution in [1.29, 1.82) is 0 Å². The lowest BCUT2D eigenvalue weighted by atomic mass is 9.94. The molecule has 0 spiro atoms. The number of rotatable bonds is 4. The predicted octanol–water partition coefficient (Wildman–Crippen LogP) is 1.98. The van der Waals surface area contributed by atoms with Gasteiger partial charge in [-0.1, -0.05) is 19.3 Å². The third-order valence-electron chi connectivity index (χ3n) is 3.21. The lowest BCUT2D eigenvalue weighted by Crippen LogP contribution is -2.42. The van der Waals surface area contributed by atoms with E-state index in [-0.39, 0.29) is 18.5 Å². The third-order valence-corrected chi connectivity index (χ3v) is 3.21. The van der Waals surface area contributed by atoms with Gasteiger partial charge in [0, 0.05) is 26.1 Å². The number of carbonyl (C=O) groups excluding carboxylic acids is 1. The van der Waals surface area contributed by atoms with Gasteiger partial charge in [-0.25, -0.2) is 4.39 Å². The largest absolute Gasteiger partial charge is 0.336 e. The van der Waals surface area contributed by atoms with Crippen LogP contribution in [-0.2, 0) is 4.79 Å². The van der Waals surface area contributed by atoms with E-state index in [0.29, 0.717) is 18.4 Å². The molecule has 0 heterocycles. The highest BCUT2D eigenvalue weighted by molar-refractivity contribution is 5.74. The van der Waals surface area contributed by atoms with Gasteiger partial charge in [0.2, 0.25) is 5.91 Å². The molecule has 1 fully saturated rings. The van der Waals surface area contributed by atoms with Gasteiger partial charge in [-0.05, 0) is 18.4 Å². The topological polar surface area (TPSA) is 46.3 Å². The average molecular weight is 228 g/mol. The van der Waals surface area contributed by atoms with Gasteiger partial charge >= 0.3 is 0 Å². The molecule has 1 rings (SSSR count). The number of carbonyl (C=O) groups is 1. The molecule has 16 heavy (non-hydrogen) atoms. The van der Waals surface area contributed by atoms with E-state index in [1.54, 1.807) is 11.8 Å². The first-order valence-corrected chi connectivity index (χ1v) is 5.94. The highest BCUT2D eigenvalue weighted by Crippen LogP contribution is 2.23. The number of hydrogen-bond donors (Lipinski definition) is 1. The molecule has 0 aromatic rings. The summed E-state index contributed by atoms with van der Waals surface area (Å²) in [5.41, 5.74) is 5.90. The zero-order chi connectivity index (χ0) is 12.0. The van der Waals surface area contributed by atoms with Crippen molar-refractivity contribution in [3.05, 3.63) is 11.9 Å². The summed E-state index contributed by atoms with van der Waals surface area (Å²) in [6.45, 7) is 2.06. The minimum Gasteiger partial charge on any atom is -0.336 e. The van der Waals surface area contributed by atoms with Gasteiger partial charge in [0.25, 0.3) is 0 Å². The van der Waals surface area contributed by atoms with E-state index in [1.807, 2.05) is 0 Å². The molecule has 0 bridgehead atoms. The van der Waals surface area contributed by atoms with Crippen molar-refractivity contribution >= 4 is 5.91 Å². The fourth-order valence-electron chi connectivity index (χ4n) is 2.25. The summed E-state index contributed by atoms with van der Waals surface area (Å²) >= 11 is 0. The molecule has 1 aliphatic rings. The Morgan fingerprint density at radius 3 is 2.50 bits per heavy atom. The molecule has 4 heteroatoms. The summed E-state index contributed by atoms with van der Waals surface area (Å²) < 4.78 is 12.5. The monoisotopic (exact) mass is 228 g/mol. The van der Waals surface area contributed by atoms with Gasteiger partial charge < -0.3 is 10.6 Å². The quantitative estimate of drug-likeness (QED) is 0.799. The van der Waals surface area contributed by atoms with Gasteiger partial charge in [-0.15, -0.1) is 0 Å². The van der Waals surface area contributed by atoms with Crippen molar-refractivity contribution in [2.75, 3.05) is 13.1 Å². The summed E-state index contributed by atoms with van der Waals surface area (Å²) in [7, 11) is 0. The predicted molar refractivity (Wildman–Crippen MR) is 62.5 cm³/mol. The maximum absolute atomic E-state index is 12.5. The van der Waals surface area contributed by atoms with Crippen LogP contribution in [0.15, 0.2) is 11.9 Å². The molecule has 1 amide bonds. The summed E-state index contributed by atoms with van der Waals surface area (Å²) in [5.74, 6) is 0.0136. The second-order valence-corrected chi connectivity index (χ2v) is 4.41. The molecule has 0 unspecified atom stereocenters. The van der Waals surface area contributed by atoms with Gasteiger partial charge in [0.05, 0.1) is 6.33 Å². The molecule has 2 N–H and O–H groups in total. The van der Waals surface area contributed by atoms with Crippen LogP contribution in [0, 0.1) is 0 Å². The Balaban J connectivity index is 2.62. The molecular weight excluding hydrogens is 207 g/mol. The van der Waals surface area contributed by atoms with Gasteiger partial charge in [-0.3, -0.25) is 4.79 Å². The van der Waals surface area contributed by atoms with Crippen LogP contribution >= 0.6 is 0 Å². The molecule has 0 radical (unpaired) electrons. The van der Waals surface area contributed by atoms with Crippen LogP contribution in [0.1, 0.15) is 39.0 Å². The Morgan fingerprint density at radius 1 is 1.44 bits per heavy atom. The lowest BCUT2D eigenvalue weighted by Gasteiger charge is -2.34. The summed E-state index contributed by atoms with van der Waals surface area (Å²) in [6, 6.07) is 0.271. The SMILES string of the molecule is CC(=O)N(CC(=CF)CN)C1CCCCC1. The maximum atomic E-state index is 12.5. The van der Waals surface area contributed by atoms with Crippen LogP contribution in [0.25, 0.3) is 0 Å². The first-order valence-electron chi connectivity index (χ1n) is 5.94. The molecule has 92 valence electrons. The Morgan fingerprint density at radius 2 is 2.06 bits per heavy atom. The van der Waals surface area contributed by atoms with Gasteiger partial charge in [0.1, 0.15) is 0 Å². The van der Waals surface area contributed by atoms with E-state index >= 15 is 0 Å². The Hall–Kier alpha value is -0.900. The van der Waals surface area contributed by atoms with E-state index in [0.717, 1.165) is 25.7 Å². The smallest absolute Gasteiger partial charge is 0.219 e. The molecule has 0 aromatic heterocycles. The van der Waals surface area contributed by atoms with Crippen molar-refractivity contribution in [3.63, 3.8) is 0 Å². The second kappa shape index (κ2) is 6.63. The van der Waals surface area contributed by atoms with E-state index < -0.39 is 0 Å². The second-order valence-electron chi connectivity index (χ2n) is 4.41. The lowest BCUT2D eigenvalue weighted by molar-refractivity contribution is -0.131.